The molecule has 1 fully saturated rings. The van der Waals surface area contributed by atoms with Crippen LogP contribution >= 0.6 is 0 Å². The van der Waals surface area contributed by atoms with Crippen molar-refractivity contribution in [1.29, 1.82) is 0 Å². The first-order chi connectivity index (χ1) is 4.43. The van der Waals surface area contributed by atoms with Crippen LogP contribution in [0.3, 0.4) is 0 Å². The van der Waals surface area contributed by atoms with E-state index in [1.807, 2.05) is 0 Å². The van der Waals surface area contributed by atoms with Crippen molar-refractivity contribution in [2.24, 2.45) is 5.92 Å². The molecule has 0 aromatic carbocycles. The fourth-order valence-electron chi connectivity index (χ4n) is 1.50. The molecule has 1 aliphatic rings. The minimum atomic E-state index is 0.958. The molecule has 0 bridgehead atoms. The Morgan fingerprint density at radius 3 is 2.67 bits per heavy atom. The van der Waals surface area contributed by atoms with Crippen LogP contribution in [0.15, 0.2) is 18.4 Å². The fourth-order valence-corrected chi connectivity index (χ4v) is 1.50. The summed E-state index contributed by atoms with van der Waals surface area (Å²) in [7, 11) is 0. The first kappa shape index (κ1) is 6.64. The zero-order chi connectivity index (χ0) is 6.53. The quantitative estimate of drug-likeness (QED) is 0.494. The van der Waals surface area contributed by atoms with Crippen molar-refractivity contribution in [3.63, 3.8) is 0 Å². The van der Waals surface area contributed by atoms with Crippen molar-refractivity contribution in [1.82, 2.24) is 0 Å². The SMILES string of the molecule is C=C=CCC1CCCC1. The summed E-state index contributed by atoms with van der Waals surface area (Å²) in [4.78, 5) is 0. The van der Waals surface area contributed by atoms with E-state index >= 15 is 0 Å². The van der Waals surface area contributed by atoms with Crippen LogP contribution in [0.5, 0.6) is 0 Å². The van der Waals surface area contributed by atoms with Gasteiger partial charge in [-0.25, -0.2) is 0 Å². The van der Waals surface area contributed by atoms with Gasteiger partial charge in [0.05, 0.1) is 0 Å². The molecule has 0 saturated heterocycles. The van der Waals surface area contributed by atoms with Crippen LogP contribution in [0.25, 0.3) is 0 Å². The summed E-state index contributed by atoms with van der Waals surface area (Å²) in [5, 5.41) is 0. The van der Waals surface area contributed by atoms with Crippen LogP contribution in [0.2, 0.25) is 0 Å². The Balaban J connectivity index is 2.18. The fraction of sp³-hybridized carbons (Fsp3) is 0.667. The first-order valence-corrected chi connectivity index (χ1v) is 3.78. The van der Waals surface area contributed by atoms with E-state index in [1.54, 1.807) is 0 Å². The Morgan fingerprint density at radius 1 is 1.44 bits per heavy atom. The largest absolute Gasteiger partial charge is 0.133 e. The molecule has 0 aromatic heterocycles. The van der Waals surface area contributed by atoms with E-state index in [0.29, 0.717) is 0 Å². The van der Waals surface area contributed by atoms with Gasteiger partial charge in [-0.05, 0) is 18.4 Å². The molecule has 50 valence electrons. The molecule has 1 rings (SSSR count). The second kappa shape index (κ2) is 3.53. The lowest BCUT2D eigenvalue weighted by atomic mass is 10.0. The average molecular weight is 122 g/mol. The van der Waals surface area contributed by atoms with Crippen molar-refractivity contribution in [3.8, 4) is 0 Å². The molecule has 0 heteroatoms. The second-order valence-electron chi connectivity index (χ2n) is 2.79. The second-order valence-corrected chi connectivity index (χ2v) is 2.79. The maximum absolute atomic E-state index is 3.54. The summed E-state index contributed by atoms with van der Waals surface area (Å²) in [6.45, 7) is 3.54. The van der Waals surface area contributed by atoms with E-state index in [9.17, 15) is 0 Å². The third-order valence-corrected chi connectivity index (χ3v) is 2.07. The predicted molar refractivity (Wildman–Crippen MR) is 40.3 cm³/mol. The molecule has 1 saturated carbocycles. The van der Waals surface area contributed by atoms with Gasteiger partial charge in [-0.15, -0.1) is 5.73 Å². The lowest BCUT2D eigenvalue weighted by Crippen LogP contribution is -1.87. The number of hydrogen-bond acceptors (Lipinski definition) is 0. The molecule has 1 aliphatic carbocycles. The van der Waals surface area contributed by atoms with E-state index in [0.717, 1.165) is 5.92 Å². The molecule has 0 amide bonds. The molecule has 0 spiro atoms. The molecule has 0 aliphatic heterocycles. The van der Waals surface area contributed by atoms with E-state index in [4.69, 9.17) is 0 Å². The highest BCUT2D eigenvalue weighted by atomic mass is 14.2. The zero-order valence-electron chi connectivity index (χ0n) is 5.90. The highest BCUT2D eigenvalue weighted by Gasteiger charge is 2.12. The van der Waals surface area contributed by atoms with Crippen LogP contribution in [0.1, 0.15) is 32.1 Å². The van der Waals surface area contributed by atoms with Gasteiger partial charge in [-0.1, -0.05) is 32.3 Å². The molecule has 0 atom stereocenters. The standard InChI is InChI=1S/C9H14/c1-2-3-6-9-7-4-5-8-9/h3,9H,1,4-8H2. The molecule has 9 heavy (non-hydrogen) atoms. The molecular weight excluding hydrogens is 108 g/mol. The third kappa shape index (κ3) is 2.07. The van der Waals surface area contributed by atoms with Crippen LogP contribution < -0.4 is 0 Å². The maximum Gasteiger partial charge on any atom is -0.0246 e. The molecule has 0 aromatic rings. The lowest BCUT2D eigenvalue weighted by molar-refractivity contribution is 0.558. The van der Waals surface area contributed by atoms with Gasteiger partial charge >= 0.3 is 0 Å². The predicted octanol–water partition coefficient (Wildman–Crippen LogP) is 2.91. The Morgan fingerprint density at radius 2 is 2.11 bits per heavy atom. The van der Waals surface area contributed by atoms with Gasteiger partial charge in [0, 0.05) is 0 Å². The van der Waals surface area contributed by atoms with E-state index < -0.39 is 0 Å². The monoisotopic (exact) mass is 122 g/mol. The van der Waals surface area contributed by atoms with Gasteiger partial charge < -0.3 is 0 Å². The summed E-state index contributed by atoms with van der Waals surface area (Å²) in [6, 6.07) is 0. The Labute approximate surface area is 57.3 Å². The molecule has 0 radical (unpaired) electrons. The third-order valence-electron chi connectivity index (χ3n) is 2.07. The van der Waals surface area contributed by atoms with Crippen LogP contribution in [0.4, 0.5) is 0 Å². The van der Waals surface area contributed by atoms with Crippen molar-refractivity contribution in [3.05, 3.63) is 18.4 Å². The number of rotatable bonds is 2. The van der Waals surface area contributed by atoms with Crippen molar-refractivity contribution in [2.45, 2.75) is 32.1 Å². The van der Waals surface area contributed by atoms with Crippen LogP contribution in [-0.4, -0.2) is 0 Å². The van der Waals surface area contributed by atoms with E-state index in [2.05, 4.69) is 18.4 Å². The minimum absolute atomic E-state index is 0.958. The summed E-state index contributed by atoms with van der Waals surface area (Å²) >= 11 is 0. The van der Waals surface area contributed by atoms with Crippen molar-refractivity contribution < 1.29 is 0 Å². The Bertz CT molecular complexity index is 112. The van der Waals surface area contributed by atoms with Gasteiger partial charge in [-0.2, -0.15) is 0 Å². The summed E-state index contributed by atoms with van der Waals surface area (Å²) in [6.07, 6.45) is 9.02. The van der Waals surface area contributed by atoms with Gasteiger partial charge in [0.15, 0.2) is 0 Å². The molecule has 0 nitrogen and oxygen atoms in total. The van der Waals surface area contributed by atoms with Gasteiger partial charge in [0.2, 0.25) is 0 Å². The zero-order valence-corrected chi connectivity index (χ0v) is 5.90. The average Bonchev–Trinajstić information content (AvgIpc) is 2.34. The van der Waals surface area contributed by atoms with E-state index in [-0.39, 0.29) is 0 Å². The number of hydrogen-bond donors (Lipinski definition) is 0. The minimum Gasteiger partial charge on any atom is -0.133 e. The Hall–Kier alpha value is -0.480. The first-order valence-electron chi connectivity index (χ1n) is 3.78. The normalized spacial score (nSPS) is 19.6. The molecular formula is C9H14. The summed E-state index contributed by atoms with van der Waals surface area (Å²) in [5.74, 6) is 0.958. The molecule has 0 heterocycles. The van der Waals surface area contributed by atoms with Crippen LogP contribution in [-0.2, 0) is 0 Å². The van der Waals surface area contributed by atoms with E-state index in [1.165, 1.54) is 32.1 Å². The van der Waals surface area contributed by atoms with Gasteiger partial charge in [-0.3, -0.25) is 0 Å². The molecule has 0 N–H and O–H groups in total. The molecule has 0 unspecified atom stereocenters. The smallest absolute Gasteiger partial charge is 0.0246 e. The van der Waals surface area contributed by atoms with Crippen molar-refractivity contribution >= 4 is 0 Å². The highest BCUT2D eigenvalue weighted by molar-refractivity contribution is 4.81. The topological polar surface area (TPSA) is 0 Å². The summed E-state index contributed by atoms with van der Waals surface area (Å²) < 4.78 is 0. The lowest BCUT2D eigenvalue weighted by Gasteiger charge is -2.00. The summed E-state index contributed by atoms with van der Waals surface area (Å²) in [5.41, 5.74) is 2.82. The van der Waals surface area contributed by atoms with Crippen molar-refractivity contribution in [2.75, 3.05) is 0 Å². The van der Waals surface area contributed by atoms with Gasteiger partial charge in [0.25, 0.3) is 0 Å². The highest BCUT2D eigenvalue weighted by Crippen LogP contribution is 2.27. The maximum atomic E-state index is 3.54. The van der Waals surface area contributed by atoms with Gasteiger partial charge in [0.1, 0.15) is 0 Å². The number of allylic oxidation sites excluding steroid dienone is 1. The van der Waals surface area contributed by atoms with Crippen LogP contribution in [0, 0.1) is 5.92 Å². The Kier molecular flexibility index (Phi) is 2.60.